The first-order valence-corrected chi connectivity index (χ1v) is 10.8. The Kier molecular flexibility index (Phi) is 5.24. The Balaban J connectivity index is 1.74. The van der Waals surface area contributed by atoms with Gasteiger partial charge in [-0.1, -0.05) is 0 Å². The molecule has 0 unspecified atom stereocenters. The molecule has 34 heavy (non-hydrogen) atoms. The Morgan fingerprint density at radius 2 is 2.09 bits per heavy atom. The van der Waals surface area contributed by atoms with Gasteiger partial charge in [-0.2, -0.15) is 10.4 Å². The number of fused-ring (bicyclic) bond motifs is 8. The molecule has 1 atom stereocenters. The Morgan fingerprint density at radius 1 is 1.26 bits per heavy atom. The highest BCUT2D eigenvalue weighted by Crippen LogP contribution is 2.41. The van der Waals surface area contributed by atoms with Gasteiger partial charge in [0.25, 0.3) is 5.91 Å². The van der Waals surface area contributed by atoms with E-state index in [4.69, 9.17) is 10.5 Å². The topological polar surface area (TPSA) is 139 Å². The first-order valence-electron chi connectivity index (χ1n) is 10.8. The Labute approximate surface area is 194 Å². The van der Waals surface area contributed by atoms with Crippen LogP contribution in [0.1, 0.15) is 40.6 Å². The van der Waals surface area contributed by atoms with Crippen molar-refractivity contribution in [2.75, 3.05) is 37.4 Å². The third-order valence-corrected chi connectivity index (χ3v) is 6.16. The summed E-state index contributed by atoms with van der Waals surface area (Å²) in [6, 6.07) is 6.22. The van der Waals surface area contributed by atoms with E-state index in [1.54, 1.807) is 20.2 Å². The average molecular weight is 463 g/mol. The molecule has 3 aromatic rings. The molecule has 11 nitrogen and oxygen atoms in total. The van der Waals surface area contributed by atoms with Gasteiger partial charge in [0.15, 0.2) is 23.2 Å². The lowest BCUT2D eigenvalue weighted by atomic mass is 10.0. The summed E-state index contributed by atoms with van der Waals surface area (Å²) in [7, 11) is 3.18. The van der Waals surface area contributed by atoms with Crippen LogP contribution in [-0.2, 0) is 7.05 Å². The summed E-state index contributed by atoms with van der Waals surface area (Å²) in [4.78, 5) is 21.3. The van der Waals surface area contributed by atoms with Gasteiger partial charge in [-0.3, -0.25) is 9.48 Å². The molecule has 2 aliphatic rings. The number of carbonyl (C=O) groups excluding carboxylic acids is 1. The fourth-order valence-corrected chi connectivity index (χ4v) is 4.49. The molecule has 174 valence electrons. The lowest BCUT2D eigenvalue weighted by Gasteiger charge is -2.28. The van der Waals surface area contributed by atoms with E-state index in [0.717, 1.165) is 12.8 Å². The molecule has 1 saturated heterocycles. The van der Waals surface area contributed by atoms with Crippen molar-refractivity contribution >= 4 is 17.5 Å². The molecule has 0 radical (unpaired) electrons. The summed E-state index contributed by atoms with van der Waals surface area (Å²) in [6.45, 7) is 1.04. The van der Waals surface area contributed by atoms with Gasteiger partial charge in [0, 0.05) is 26.2 Å². The van der Waals surface area contributed by atoms with Gasteiger partial charge in [-0.25, -0.2) is 9.37 Å². The van der Waals surface area contributed by atoms with Crippen LogP contribution < -0.4 is 15.4 Å². The summed E-state index contributed by atoms with van der Waals surface area (Å²) < 4.78 is 21.6. The van der Waals surface area contributed by atoms with Crippen LogP contribution in [0.4, 0.5) is 16.0 Å². The Hall–Kier alpha value is -4.27. The molecule has 4 heterocycles. The van der Waals surface area contributed by atoms with Crippen LogP contribution in [0.15, 0.2) is 18.2 Å². The molecule has 2 bridgehead atoms. The molecule has 1 fully saturated rings. The van der Waals surface area contributed by atoms with Crippen molar-refractivity contribution in [3.05, 3.63) is 41.0 Å². The molecule has 2 N–H and O–H groups in total. The smallest absolute Gasteiger partial charge is 0.275 e. The molecule has 2 aromatic heterocycles. The molecule has 0 aliphatic carbocycles. The highest BCUT2D eigenvalue weighted by molar-refractivity contribution is 5.99. The maximum atomic E-state index is 14.3. The van der Waals surface area contributed by atoms with Gasteiger partial charge in [-0.15, -0.1) is 10.2 Å². The maximum absolute atomic E-state index is 14.3. The van der Waals surface area contributed by atoms with Crippen LogP contribution in [0.3, 0.4) is 0 Å². The summed E-state index contributed by atoms with van der Waals surface area (Å²) in [5.74, 6) is 0.239. The SMILES string of the molecule is CN1CCOc2ccc(F)cc2[C@H]2CCCN2c2nc(nnc2N)-c2c(nn(C)c2C#N)C1=O. The number of hydrogen-bond acceptors (Lipinski definition) is 9. The number of ether oxygens (including phenoxy) is 1. The zero-order valence-electron chi connectivity index (χ0n) is 18.7. The number of anilines is 2. The van der Waals surface area contributed by atoms with E-state index in [0.29, 0.717) is 23.7 Å². The van der Waals surface area contributed by atoms with Crippen LogP contribution in [0.2, 0.25) is 0 Å². The molecule has 2 aliphatic heterocycles. The van der Waals surface area contributed by atoms with Crippen LogP contribution in [0, 0.1) is 17.1 Å². The predicted molar refractivity (Wildman–Crippen MR) is 119 cm³/mol. The van der Waals surface area contributed by atoms with E-state index in [-0.39, 0.29) is 53.6 Å². The van der Waals surface area contributed by atoms with Gasteiger partial charge in [0.2, 0.25) is 0 Å². The summed E-state index contributed by atoms with van der Waals surface area (Å²) >= 11 is 0. The monoisotopic (exact) mass is 463 g/mol. The summed E-state index contributed by atoms with van der Waals surface area (Å²) in [5, 5.41) is 22.2. The van der Waals surface area contributed by atoms with Crippen molar-refractivity contribution in [3.8, 4) is 23.2 Å². The molecule has 12 heteroatoms. The fraction of sp³-hybridized carbons (Fsp3) is 0.364. The lowest BCUT2D eigenvalue weighted by Crippen LogP contribution is -2.32. The third kappa shape index (κ3) is 3.45. The largest absolute Gasteiger partial charge is 0.491 e. The van der Waals surface area contributed by atoms with Crippen LogP contribution in [0.5, 0.6) is 5.75 Å². The highest BCUT2D eigenvalue weighted by atomic mass is 19.1. The standard InChI is InChI=1S/C22H22FN9O2/c1-30-8-9-34-16-6-5-12(23)10-13(16)14-4-3-7-32(14)21-19(25)27-28-20(26-21)17-15(11-24)31(2)29-18(17)22(30)33/h5-6,10,14H,3-4,7-9H2,1-2H3,(H2,25,27)/t14-/m1/s1. The predicted octanol–water partition coefficient (Wildman–Crippen LogP) is 1.67. The van der Waals surface area contributed by atoms with E-state index in [1.165, 1.54) is 21.7 Å². The number of benzene rings is 1. The van der Waals surface area contributed by atoms with Gasteiger partial charge in [-0.05, 0) is 31.0 Å². The number of nitrogen functional groups attached to an aromatic ring is 1. The van der Waals surface area contributed by atoms with Crippen LogP contribution in [-0.4, -0.2) is 62.5 Å². The van der Waals surface area contributed by atoms with Crippen molar-refractivity contribution in [1.29, 1.82) is 5.26 Å². The minimum atomic E-state index is -0.423. The number of rotatable bonds is 0. The summed E-state index contributed by atoms with van der Waals surface area (Å²) in [5.41, 5.74) is 7.20. The minimum Gasteiger partial charge on any atom is -0.491 e. The quantitative estimate of drug-likeness (QED) is 0.527. The number of halogens is 1. The molecular formula is C22H22FN9O2. The van der Waals surface area contributed by atoms with Crippen molar-refractivity contribution in [1.82, 2.24) is 29.9 Å². The van der Waals surface area contributed by atoms with Crippen LogP contribution >= 0.6 is 0 Å². The number of amides is 1. The third-order valence-electron chi connectivity index (χ3n) is 6.16. The van der Waals surface area contributed by atoms with Crippen molar-refractivity contribution in [2.24, 2.45) is 7.05 Å². The van der Waals surface area contributed by atoms with Crippen molar-refractivity contribution in [3.63, 3.8) is 0 Å². The second-order valence-corrected chi connectivity index (χ2v) is 8.26. The minimum absolute atomic E-state index is 0.0385. The highest BCUT2D eigenvalue weighted by Gasteiger charge is 2.34. The number of likely N-dealkylation sites (N-methyl/N-ethyl adjacent to an activating group) is 1. The fourth-order valence-electron chi connectivity index (χ4n) is 4.49. The van der Waals surface area contributed by atoms with Gasteiger partial charge in [0.05, 0.1) is 18.2 Å². The summed E-state index contributed by atoms with van der Waals surface area (Å²) in [6.07, 6.45) is 1.56. The van der Waals surface area contributed by atoms with E-state index >= 15 is 0 Å². The number of carbonyl (C=O) groups is 1. The van der Waals surface area contributed by atoms with Gasteiger partial charge < -0.3 is 20.3 Å². The number of hydrogen-bond donors (Lipinski definition) is 1. The second-order valence-electron chi connectivity index (χ2n) is 8.26. The first-order chi connectivity index (χ1) is 16.4. The van der Waals surface area contributed by atoms with E-state index in [2.05, 4.69) is 26.3 Å². The average Bonchev–Trinajstić information content (AvgIpc) is 3.43. The van der Waals surface area contributed by atoms with E-state index < -0.39 is 5.91 Å². The van der Waals surface area contributed by atoms with E-state index in [1.807, 2.05) is 4.90 Å². The molecule has 1 aromatic carbocycles. The molecule has 5 rings (SSSR count). The number of aromatic nitrogens is 5. The molecule has 1 amide bonds. The maximum Gasteiger partial charge on any atom is 0.275 e. The van der Waals surface area contributed by atoms with Crippen molar-refractivity contribution < 1.29 is 13.9 Å². The van der Waals surface area contributed by atoms with E-state index in [9.17, 15) is 14.4 Å². The molecular weight excluding hydrogens is 441 g/mol. The number of aryl methyl sites for hydroxylation is 1. The lowest BCUT2D eigenvalue weighted by molar-refractivity contribution is 0.0767. The zero-order chi connectivity index (χ0) is 24.0. The van der Waals surface area contributed by atoms with Gasteiger partial charge in [0.1, 0.15) is 29.9 Å². The first kappa shape index (κ1) is 21.6. The Morgan fingerprint density at radius 3 is 2.88 bits per heavy atom. The second kappa shape index (κ2) is 8.26. The number of nitriles is 1. The normalized spacial score (nSPS) is 17.8. The molecule has 0 saturated carbocycles. The van der Waals surface area contributed by atoms with Gasteiger partial charge >= 0.3 is 0 Å². The zero-order valence-corrected chi connectivity index (χ0v) is 18.7. The Bertz CT molecular complexity index is 1330. The number of nitrogens with zero attached hydrogens (tertiary/aromatic N) is 8. The van der Waals surface area contributed by atoms with Crippen molar-refractivity contribution in [2.45, 2.75) is 18.9 Å². The molecule has 0 spiro atoms. The van der Waals surface area contributed by atoms with Crippen LogP contribution in [0.25, 0.3) is 11.4 Å². The number of nitrogens with two attached hydrogens (primary N) is 1.